The molecule has 0 amide bonds. The molecule has 2 heteroatoms. The highest BCUT2D eigenvalue weighted by atomic mass is 14.9. The Labute approximate surface area is 322 Å². The topological polar surface area (TPSA) is 25.8 Å². The molecule has 1 rings (SSSR count). The largest absolute Gasteiger partial charge is 0.238 e. The molecule has 1 aromatic rings. The third-order valence-corrected chi connectivity index (χ3v) is 11.5. The van der Waals surface area contributed by atoms with Crippen LogP contribution in [0.5, 0.6) is 0 Å². The highest BCUT2D eigenvalue weighted by Gasteiger charge is 2.04. The van der Waals surface area contributed by atoms with Crippen LogP contribution in [-0.2, 0) is 12.8 Å². The Balaban J connectivity index is 1.85. The van der Waals surface area contributed by atoms with Crippen LogP contribution in [0, 0.1) is 6.92 Å². The first-order chi connectivity index (χ1) is 25.3. The molecule has 0 saturated carbocycles. The Morgan fingerprint density at radius 2 is 0.451 bits per heavy atom. The number of aromatic nitrogens is 2. The molecule has 0 aliphatic carbocycles. The molecule has 0 saturated heterocycles. The Kier molecular flexibility index (Phi) is 38.0. The molecule has 0 radical (unpaired) electrons. The molecule has 0 unspecified atom stereocenters. The lowest BCUT2D eigenvalue weighted by atomic mass is 10.0. The van der Waals surface area contributed by atoms with E-state index in [1.807, 2.05) is 0 Å². The summed E-state index contributed by atoms with van der Waals surface area (Å²) in [5, 5.41) is 0. The smallest absolute Gasteiger partial charge is 0.125 e. The Bertz CT molecular complexity index is 741. The molecule has 0 spiro atoms. The fraction of sp³-hybridized carbons (Fsp3) is 0.918. The van der Waals surface area contributed by atoms with Crippen LogP contribution in [0.2, 0.25) is 0 Å². The van der Waals surface area contributed by atoms with E-state index in [1.54, 1.807) is 0 Å². The predicted molar refractivity (Wildman–Crippen MR) is 230 cm³/mol. The second-order valence-electron chi connectivity index (χ2n) is 16.8. The van der Waals surface area contributed by atoms with Gasteiger partial charge in [-0.25, -0.2) is 9.97 Å². The summed E-state index contributed by atoms with van der Waals surface area (Å²) < 4.78 is 0. The second-order valence-corrected chi connectivity index (χ2v) is 16.8. The summed E-state index contributed by atoms with van der Waals surface area (Å²) in [4.78, 5) is 9.55. The highest BCUT2D eigenvalue weighted by Crippen LogP contribution is 2.18. The number of hydrogen-bond acceptors (Lipinski definition) is 2. The van der Waals surface area contributed by atoms with Crippen molar-refractivity contribution in [3.05, 3.63) is 23.3 Å². The number of rotatable bonds is 42. The van der Waals surface area contributed by atoms with E-state index in [-0.39, 0.29) is 0 Å². The van der Waals surface area contributed by atoms with Gasteiger partial charge >= 0.3 is 0 Å². The summed E-state index contributed by atoms with van der Waals surface area (Å²) in [6, 6.07) is 2.32. The average molecular weight is 711 g/mol. The zero-order valence-electron chi connectivity index (χ0n) is 35.7. The lowest BCUT2D eigenvalue weighted by Gasteiger charge is -2.07. The number of aryl methyl sites for hydroxylation is 3. The maximum Gasteiger partial charge on any atom is 0.125 e. The average Bonchev–Trinajstić information content (AvgIpc) is 3.13. The van der Waals surface area contributed by atoms with Crippen molar-refractivity contribution in [3.8, 4) is 0 Å². The molecule has 51 heavy (non-hydrogen) atoms. The molecule has 2 nitrogen and oxygen atoms in total. The van der Waals surface area contributed by atoms with Crippen molar-refractivity contribution in [2.75, 3.05) is 0 Å². The van der Waals surface area contributed by atoms with Crippen LogP contribution in [0.25, 0.3) is 0 Å². The highest BCUT2D eigenvalue weighted by molar-refractivity contribution is 5.11. The number of unbranched alkanes of at least 4 members (excludes halogenated alkanes) is 38. The third-order valence-electron chi connectivity index (χ3n) is 11.5. The van der Waals surface area contributed by atoms with Crippen LogP contribution in [0.15, 0.2) is 6.07 Å². The van der Waals surface area contributed by atoms with Gasteiger partial charge in [-0.2, -0.15) is 0 Å². The maximum absolute atomic E-state index is 4.78. The molecule has 0 aliphatic rings. The van der Waals surface area contributed by atoms with Gasteiger partial charge in [-0.15, -0.1) is 0 Å². The van der Waals surface area contributed by atoms with E-state index in [4.69, 9.17) is 9.97 Å². The van der Waals surface area contributed by atoms with Crippen molar-refractivity contribution >= 4 is 0 Å². The Hall–Kier alpha value is -0.920. The van der Waals surface area contributed by atoms with Gasteiger partial charge in [0, 0.05) is 11.4 Å². The third kappa shape index (κ3) is 35.9. The van der Waals surface area contributed by atoms with Crippen LogP contribution in [0.4, 0.5) is 0 Å². The minimum atomic E-state index is 0.976. The molecule has 0 N–H and O–H groups in total. The van der Waals surface area contributed by atoms with Crippen molar-refractivity contribution in [1.29, 1.82) is 0 Å². The van der Waals surface area contributed by atoms with Gasteiger partial charge in [0.05, 0.1) is 0 Å². The summed E-state index contributed by atoms with van der Waals surface area (Å²) in [7, 11) is 0. The summed E-state index contributed by atoms with van der Waals surface area (Å²) >= 11 is 0. The van der Waals surface area contributed by atoms with Gasteiger partial charge in [0.2, 0.25) is 0 Å². The van der Waals surface area contributed by atoms with Gasteiger partial charge < -0.3 is 0 Å². The van der Waals surface area contributed by atoms with E-state index in [0.717, 1.165) is 18.7 Å². The van der Waals surface area contributed by atoms with E-state index < -0.39 is 0 Å². The summed E-state index contributed by atoms with van der Waals surface area (Å²) in [5.74, 6) is 0.976. The first-order valence-corrected chi connectivity index (χ1v) is 24.1. The van der Waals surface area contributed by atoms with E-state index in [0.29, 0.717) is 0 Å². The fourth-order valence-corrected chi connectivity index (χ4v) is 8.08. The zero-order chi connectivity index (χ0) is 36.6. The fourth-order valence-electron chi connectivity index (χ4n) is 8.08. The van der Waals surface area contributed by atoms with Crippen molar-refractivity contribution in [3.63, 3.8) is 0 Å². The summed E-state index contributed by atoms with van der Waals surface area (Å²) in [6.45, 7) is 6.70. The van der Waals surface area contributed by atoms with Crippen LogP contribution < -0.4 is 0 Å². The van der Waals surface area contributed by atoms with E-state index in [1.165, 1.54) is 268 Å². The molecule has 1 heterocycles. The standard InChI is InChI=1S/C49H94N2/c1-4-6-8-10-12-14-16-18-20-22-24-26-28-30-32-34-36-38-40-42-44-48-46-49(51-47(3)50-48)45-43-41-39-37-35-33-31-29-27-25-23-21-19-17-15-13-11-9-7-5-2/h46H,4-45H2,1-3H3. The zero-order valence-corrected chi connectivity index (χ0v) is 35.7. The first-order valence-electron chi connectivity index (χ1n) is 24.1. The van der Waals surface area contributed by atoms with Gasteiger partial charge in [0.15, 0.2) is 0 Å². The van der Waals surface area contributed by atoms with Crippen molar-refractivity contribution in [2.24, 2.45) is 0 Å². The van der Waals surface area contributed by atoms with Gasteiger partial charge in [-0.1, -0.05) is 258 Å². The van der Waals surface area contributed by atoms with Crippen molar-refractivity contribution in [2.45, 2.75) is 290 Å². The molecular weight excluding hydrogens is 617 g/mol. The number of hydrogen-bond donors (Lipinski definition) is 0. The minimum absolute atomic E-state index is 0.976. The molecular formula is C49H94N2. The van der Waals surface area contributed by atoms with E-state index >= 15 is 0 Å². The monoisotopic (exact) mass is 711 g/mol. The maximum atomic E-state index is 4.78. The Morgan fingerprint density at radius 1 is 0.275 bits per heavy atom. The van der Waals surface area contributed by atoms with Crippen molar-refractivity contribution < 1.29 is 0 Å². The summed E-state index contributed by atoms with van der Waals surface area (Å²) in [6.07, 6.45) is 59.9. The van der Waals surface area contributed by atoms with Crippen molar-refractivity contribution in [1.82, 2.24) is 9.97 Å². The van der Waals surface area contributed by atoms with Gasteiger partial charge in [-0.3, -0.25) is 0 Å². The van der Waals surface area contributed by atoms with Gasteiger partial charge in [-0.05, 0) is 38.7 Å². The second kappa shape index (κ2) is 40.3. The minimum Gasteiger partial charge on any atom is -0.238 e. The molecule has 0 atom stereocenters. The quantitative estimate of drug-likeness (QED) is 0.0631. The number of nitrogens with zero attached hydrogens (tertiary/aromatic N) is 2. The van der Waals surface area contributed by atoms with E-state index in [2.05, 4.69) is 26.8 Å². The summed E-state index contributed by atoms with van der Waals surface area (Å²) in [5.41, 5.74) is 2.57. The lowest BCUT2D eigenvalue weighted by Crippen LogP contribution is -2.01. The molecule has 1 aromatic heterocycles. The van der Waals surface area contributed by atoms with Crippen LogP contribution in [0.3, 0.4) is 0 Å². The molecule has 0 fully saturated rings. The lowest BCUT2D eigenvalue weighted by molar-refractivity contribution is 0.521. The molecule has 0 aliphatic heterocycles. The van der Waals surface area contributed by atoms with Gasteiger partial charge in [0.1, 0.15) is 5.82 Å². The normalized spacial score (nSPS) is 11.6. The molecule has 0 bridgehead atoms. The van der Waals surface area contributed by atoms with Crippen LogP contribution in [0.1, 0.15) is 288 Å². The molecule has 300 valence electrons. The first kappa shape index (κ1) is 48.1. The SMILES string of the molecule is CCCCCCCCCCCCCCCCCCCCCCc1cc(CCCCCCCCCCCCCCCCCCCCCC)nc(C)n1. The van der Waals surface area contributed by atoms with E-state index in [9.17, 15) is 0 Å². The Morgan fingerprint density at radius 3 is 0.647 bits per heavy atom. The van der Waals surface area contributed by atoms with Crippen LogP contribution in [-0.4, -0.2) is 9.97 Å². The van der Waals surface area contributed by atoms with Gasteiger partial charge in [0.25, 0.3) is 0 Å². The molecule has 0 aromatic carbocycles. The van der Waals surface area contributed by atoms with Crippen LogP contribution >= 0.6 is 0 Å². The predicted octanol–water partition coefficient (Wildman–Crippen LogP) is 17.5.